The molecule has 86 valence electrons. The molecule has 0 aliphatic carbocycles. The number of likely N-dealkylation sites (tertiary alicyclic amines) is 2. The van der Waals surface area contributed by atoms with Crippen LogP contribution < -0.4 is 5.32 Å². The molecule has 3 heteroatoms. The summed E-state index contributed by atoms with van der Waals surface area (Å²) in [5.74, 6) is 0.947. The van der Waals surface area contributed by atoms with E-state index in [0.29, 0.717) is 0 Å². The maximum absolute atomic E-state index is 3.36. The van der Waals surface area contributed by atoms with Crippen molar-refractivity contribution < 1.29 is 0 Å². The molecule has 3 rings (SSSR count). The van der Waals surface area contributed by atoms with Gasteiger partial charge in [0.25, 0.3) is 0 Å². The Hall–Kier alpha value is -0.120. The van der Waals surface area contributed by atoms with Crippen molar-refractivity contribution in [3.8, 4) is 0 Å². The third-order valence-corrected chi connectivity index (χ3v) is 4.29. The van der Waals surface area contributed by atoms with E-state index in [2.05, 4.69) is 15.1 Å². The second kappa shape index (κ2) is 4.40. The fraction of sp³-hybridized carbons (Fsp3) is 1.00. The minimum absolute atomic E-state index is 0.889. The average molecular weight is 209 g/mol. The lowest BCUT2D eigenvalue weighted by molar-refractivity contribution is 0.196. The normalized spacial score (nSPS) is 34.8. The molecule has 3 nitrogen and oxygen atoms in total. The minimum atomic E-state index is 0.889. The predicted octanol–water partition coefficient (Wildman–Crippen LogP) is 0.376. The highest BCUT2D eigenvalue weighted by molar-refractivity contribution is 4.88. The van der Waals surface area contributed by atoms with Crippen molar-refractivity contribution in [1.82, 2.24) is 15.1 Å². The van der Waals surface area contributed by atoms with Crippen molar-refractivity contribution in [2.75, 3.05) is 45.8 Å². The first-order valence-electron chi connectivity index (χ1n) is 6.59. The Labute approximate surface area is 92.8 Å². The molecule has 1 unspecified atom stereocenters. The number of rotatable bonds is 3. The Morgan fingerprint density at radius 1 is 1.07 bits per heavy atom. The number of hydrogen-bond donors (Lipinski definition) is 1. The van der Waals surface area contributed by atoms with Crippen molar-refractivity contribution in [3.63, 3.8) is 0 Å². The van der Waals surface area contributed by atoms with Gasteiger partial charge in [-0.15, -0.1) is 0 Å². The van der Waals surface area contributed by atoms with Gasteiger partial charge >= 0.3 is 0 Å². The summed E-state index contributed by atoms with van der Waals surface area (Å²) in [6.45, 7) is 9.27. The molecule has 3 aliphatic rings. The van der Waals surface area contributed by atoms with E-state index in [9.17, 15) is 0 Å². The molecule has 0 aromatic rings. The topological polar surface area (TPSA) is 18.5 Å². The molecule has 1 atom stereocenters. The second-order valence-electron chi connectivity index (χ2n) is 5.47. The van der Waals surface area contributed by atoms with Gasteiger partial charge in [-0.25, -0.2) is 0 Å². The Morgan fingerprint density at radius 2 is 1.87 bits per heavy atom. The lowest BCUT2D eigenvalue weighted by Gasteiger charge is -2.31. The van der Waals surface area contributed by atoms with Crippen LogP contribution in [0.1, 0.15) is 19.3 Å². The van der Waals surface area contributed by atoms with Crippen molar-refractivity contribution >= 4 is 0 Å². The molecule has 3 fully saturated rings. The zero-order chi connectivity index (χ0) is 10.1. The number of nitrogens with zero attached hydrogens (tertiary/aromatic N) is 2. The largest absolute Gasteiger partial charge is 0.316 e. The van der Waals surface area contributed by atoms with E-state index >= 15 is 0 Å². The van der Waals surface area contributed by atoms with Crippen LogP contribution in [-0.4, -0.2) is 61.7 Å². The van der Waals surface area contributed by atoms with E-state index in [4.69, 9.17) is 0 Å². The lowest BCUT2D eigenvalue weighted by Crippen LogP contribution is -2.48. The maximum atomic E-state index is 3.36. The van der Waals surface area contributed by atoms with Crippen molar-refractivity contribution in [2.45, 2.75) is 25.3 Å². The standard InChI is InChI=1S/C12H23N3/c1-2-5-15(4-1)12-3-6-14(10-12)9-11-7-13-8-11/h11-13H,1-10H2. The molecule has 0 amide bonds. The van der Waals surface area contributed by atoms with Gasteiger partial charge in [-0.3, -0.25) is 4.90 Å². The second-order valence-corrected chi connectivity index (χ2v) is 5.47. The van der Waals surface area contributed by atoms with Gasteiger partial charge in [0, 0.05) is 32.2 Å². The smallest absolute Gasteiger partial charge is 0.0235 e. The average Bonchev–Trinajstić information content (AvgIpc) is 2.82. The van der Waals surface area contributed by atoms with Gasteiger partial charge in [-0.05, 0) is 44.8 Å². The van der Waals surface area contributed by atoms with E-state index in [-0.39, 0.29) is 0 Å². The molecule has 0 aromatic carbocycles. The minimum Gasteiger partial charge on any atom is -0.316 e. The number of hydrogen-bond acceptors (Lipinski definition) is 3. The SMILES string of the molecule is C1CCN(C2CCN(CC3CNC3)C2)C1. The van der Waals surface area contributed by atoms with Crippen LogP contribution >= 0.6 is 0 Å². The quantitative estimate of drug-likeness (QED) is 0.725. The van der Waals surface area contributed by atoms with Gasteiger partial charge in [0.05, 0.1) is 0 Å². The van der Waals surface area contributed by atoms with Crippen LogP contribution in [0, 0.1) is 5.92 Å². The summed E-state index contributed by atoms with van der Waals surface area (Å²) in [7, 11) is 0. The van der Waals surface area contributed by atoms with Crippen LogP contribution in [0.25, 0.3) is 0 Å². The predicted molar refractivity (Wildman–Crippen MR) is 62.0 cm³/mol. The molecule has 1 N–H and O–H groups in total. The monoisotopic (exact) mass is 209 g/mol. The Bertz CT molecular complexity index is 209. The van der Waals surface area contributed by atoms with Gasteiger partial charge in [-0.2, -0.15) is 0 Å². The third-order valence-electron chi connectivity index (χ3n) is 4.29. The summed E-state index contributed by atoms with van der Waals surface area (Å²) < 4.78 is 0. The zero-order valence-electron chi connectivity index (χ0n) is 9.62. The van der Waals surface area contributed by atoms with Crippen LogP contribution in [0.4, 0.5) is 0 Å². The van der Waals surface area contributed by atoms with Crippen molar-refractivity contribution in [2.24, 2.45) is 5.92 Å². The van der Waals surface area contributed by atoms with E-state index < -0.39 is 0 Å². The summed E-state index contributed by atoms with van der Waals surface area (Å²) in [6, 6.07) is 0.889. The summed E-state index contributed by atoms with van der Waals surface area (Å²) >= 11 is 0. The molecule has 0 spiro atoms. The molecule has 0 aromatic heterocycles. The van der Waals surface area contributed by atoms with E-state index in [1.54, 1.807) is 0 Å². The Kier molecular flexibility index (Phi) is 2.95. The molecule has 0 bridgehead atoms. The fourth-order valence-corrected chi connectivity index (χ4v) is 3.23. The number of nitrogens with one attached hydrogen (secondary N) is 1. The van der Waals surface area contributed by atoms with Gasteiger partial charge in [0.2, 0.25) is 0 Å². The summed E-state index contributed by atoms with van der Waals surface area (Å²) in [6.07, 6.45) is 4.28. The first-order chi connectivity index (χ1) is 7.42. The molecular formula is C12H23N3. The fourth-order valence-electron chi connectivity index (χ4n) is 3.23. The zero-order valence-corrected chi connectivity index (χ0v) is 9.62. The van der Waals surface area contributed by atoms with E-state index in [1.807, 2.05) is 0 Å². The molecular weight excluding hydrogens is 186 g/mol. The van der Waals surface area contributed by atoms with Crippen LogP contribution in [0.5, 0.6) is 0 Å². The molecule has 3 heterocycles. The summed E-state index contributed by atoms with van der Waals surface area (Å²) in [5.41, 5.74) is 0. The molecule has 3 aliphatic heterocycles. The van der Waals surface area contributed by atoms with E-state index in [0.717, 1.165) is 12.0 Å². The Morgan fingerprint density at radius 3 is 2.53 bits per heavy atom. The highest BCUT2D eigenvalue weighted by Crippen LogP contribution is 2.21. The highest BCUT2D eigenvalue weighted by Gasteiger charge is 2.31. The van der Waals surface area contributed by atoms with Crippen molar-refractivity contribution in [1.29, 1.82) is 0 Å². The van der Waals surface area contributed by atoms with Gasteiger partial charge < -0.3 is 10.2 Å². The maximum Gasteiger partial charge on any atom is 0.0235 e. The van der Waals surface area contributed by atoms with Crippen LogP contribution in [0.2, 0.25) is 0 Å². The first-order valence-corrected chi connectivity index (χ1v) is 6.59. The van der Waals surface area contributed by atoms with Crippen LogP contribution in [0.15, 0.2) is 0 Å². The summed E-state index contributed by atoms with van der Waals surface area (Å²) in [5, 5.41) is 3.36. The summed E-state index contributed by atoms with van der Waals surface area (Å²) in [4.78, 5) is 5.41. The van der Waals surface area contributed by atoms with Gasteiger partial charge in [0.15, 0.2) is 0 Å². The first kappa shape index (κ1) is 10.1. The third kappa shape index (κ3) is 2.19. The van der Waals surface area contributed by atoms with Crippen LogP contribution in [-0.2, 0) is 0 Å². The van der Waals surface area contributed by atoms with E-state index in [1.165, 1.54) is 65.1 Å². The van der Waals surface area contributed by atoms with Crippen LogP contribution in [0.3, 0.4) is 0 Å². The molecule has 0 saturated carbocycles. The van der Waals surface area contributed by atoms with Gasteiger partial charge in [-0.1, -0.05) is 0 Å². The highest BCUT2D eigenvalue weighted by atomic mass is 15.3. The molecule has 0 radical (unpaired) electrons. The van der Waals surface area contributed by atoms with Crippen molar-refractivity contribution in [3.05, 3.63) is 0 Å². The lowest BCUT2D eigenvalue weighted by atomic mass is 10.0. The molecule has 3 saturated heterocycles. The van der Waals surface area contributed by atoms with Gasteiger partial charge in [0.1, 0.15) is 0 Å². The molecule has 15 heavy (non-hydrogen) atoms. The Balaban J connectivity index is 1.45.